The normalized spacial score (nSPS) is 22.0. The van der Waals surface area contributed by atoms with Gasteiger partial charge in [0.05, 0.1) is 20.3 Å². The minimum Gasteiger partial charge on any atom is -0.468 e. The van der Waals surface area contributed by atoms with Gasteiger partial charge in [-0.25, -0.2) is 0 Å². The minimum absolute atomic E-state index is 0.255. The van der Waals surface area contributed by atoms with E-state index in [1.807, 2.05) is 66.7 Å². The van der Waals surface area contributed by atoms with E-state index in [0.29, 0.717) is 18.1 Å². The maximum Gasteiger partial charge on any atom is 0.322 e. The van der Waals surface area contributed by atoms with Gasteiger partial charge < -0.3 is 14.2 Å². The third kappa shape index (κ3) is 2.55. The van der Waals surface area contributed by atoms with Gasteiger partial charge in [0.2, 0.25) is 0 Å². The third-order valence-electron chi connectivity index (χ3n) is 4.62. The molecule has 2 aromatic carbocycles. The molecule has 0 saturated carbocycles. The van der Waals surface area contributed by atoms with Crippen molar-refractivity contribution in [3.63, 3.8) is 0 Å². The van der Waals surface area contributed by atoms with E-state index in [9.17, 15) is 4.79 Å². The van der Waals surface area contributed by atoms with Crippen molar-refractivity contribution in [3.8, 4) is 0 Å². The lowest BCUT2D eigenvalue weighted by molar-refractivity contribution is -0.148. The number of methoxy groups -OCH3 is 1. The van der Waals surface area contributed by atoms with Crippen molar-refractivity contribution in [2.24, 2.45) is 5.41 Å². The van der Waals surface area contributed by atoms with Crippen molar-refractivity contribution in [3.05, 3.63) is 83.4 Å². The Bertz CT molecular complexity index is 852. The summed E-state index contributed by atoms with van der Waals surface area (Å²) in [7, 11) is 1.40. The summed E-state index contributed by atoms with van der Waals surface area (Å²) in [4.78, 5) is 12.7. The Labute approximate surface area is 146 Å². The van der Waals surface area contributed by atoms with Crippen LogP contribution >= 0.6 is 0 Å². The second-order valence-corrected chi connectivity index (χ2v) is 6.11. The lowest BCUT2D eigenvalue weighted by Crippen LogP contribution is -2.35. The first-order valence-electron chi connectivity index (χ1n) is 8.16. The largest absolute Gasteiger partial charge is 0.468 e. The number of carbonyl (C=O) groups excluding carboxylic acids is 1. The van der Waals surface area contributed by atoms with E-state index in [1.54, 1.807) is 0 Å². The summed E-state index contributed by atoms with van der Waals surface area (Å²) < 4.78 is 17.0. The summed E-state index contributed by atoms with van der Waals surface area (Å²) in [6, 6.07) is 19.5. The predicted octanol–water partition coefficient (Wildman–Crippen LogP) is 3.66. The number of esters is 1. The van der Waals surface area contributed by atoms with Gasteiger partial charge in [-0.15, -0.1) is 0 Å². The summed E-state index contributed by atoms with van der Waals surface area (Å²) in [6.07, 6.45) is 1.84. The van der Waals surface area contributed by atoms with Crippen LogP contribution in [0.5, 0.6) is 0 Å². The van der Waals surface area contributed by atoms with E-state index in [2.05, 4.69) is 0 Å². The van der Waals surface area contributed by atoms with Gasteiger partial charge in [-0.3, -0.25) is 4.79 Å². The zero-order valence-electron chi connectivity index (χ0n) is 13.9. The first-order chi connectivity index (χ1) is 12.2. The van der Waals surface area contributed by atoms with Crippen LogP contribution in [-0.4, -0.2) is 26.3 Å². The van der Waals surface area contributed by atoms with E-state index >= 15 is 0 Å². The highest BCUT2D eigenvalue weighted by molar-refractivity contribution is 5.92. The molecule has 0 bridgehead atoms. The molecule has 0 spiro atoms. The number of fused-ring (bicyclic) bond motifs is 1. The summed E-state index contributed by atoms with van der Waals surface area (Å²) in [6.45, 7) is 0.600. The van der Waals surface area contributed by atoms with E-state index < -0.39 is 5.41 Å². The van der Waals surface area contributed by atoms with Crippen LogP contribution < -0.4 is 0 Å². The molecule has 0 aromatic heterocycles. The molecule has 2 aliphatic heterocycles. The molecule has 0 radical (unpaired) electrons. The topological polar surface area (TPSA) is 44.8 Å². The zero-order valence-corrected chi connectivity index (χ0v) is 13.9. The monoisotopic (exact) mass is 334 g/mol. The maximum atomic E-state index is 12.7. The fourth-order valence-electron chi connectivity index (χ4n) is 3.34. The number of benzene rings is 2. The van der Waals surface area contributed by atoms with E-state index in [4.69, 9.17) is 14.2 Å². The first-order valence-corrected chi connectivity index (χ1v) is 8.16. The molecule has 1 saturated heterocycles. The number of hydrogen-bond donors (Lipinski definition) is 0. The second-order valence-electron chi connectivity index (χ2n) is 6.11. The van der Waals surface area contributed by atoms with Crippen molar-refractivity contribution in [2.45, 2.75) is 0 Å². The second kappa shape index (κ2) is 6.22. The Morgan fingerprint density at radius 3 is 2.28 bits per heavy atom. The van der Waals surface area contributed by atoms with Crippen molar-refractivity contribution >= 4 is 17.5 Å². The Balaban J connectivity index is 1.91. The van der Waals surface area contributed by atoms with Crippen LogP contribution in [0.3, 0.4) is 0 Å². The quantitative estimate of drug-likeness (QED) is 0.804. The number of hydrogen-bond acceptors (Lipinski definition) is 4. The van der Waals surface area contributed by atoms with Crippen LogP contribution in [0.1, 0.15) is 11.1 Å². The lowest BCUT2D eigenvalue weighted by atomic mass is 9.78. The molecule has 4 heteroatoms. The predicted molar refractivity (Wildman–Crippen MR) is 94.1 cm³/mol. The van der Waals surface area contributed by atoms with E-state index in [1.165, 1.54) is 7.11 Å². The van der Waals surface area contributed by atoms with Gasteiger partial charge in [0.25, 0.3) is 0 Å². The van der Waals surface area contributed by atoms with Crippen LogP contribution in [0.15, 0.2) is 72.3 Å². The van der Waals surface area contributed by atoms with Gasteiger partial charge in [-0.05, 0) is 6.08 Å². The molecule has 126 valence electrons. The molecule has 1 unspecified atom stereocenters. The molecule has 1 atom stereocenters. The van der Waals surface area contributed by atoms with Gasteiger partial charge in [-0.1, -0.05) is 60.7 Å². The van der Waals surface area contributed by atoms with Crippen LogP contribution in [0.25, 0.3) is 11.5 Å². The Kier molecular flexibility index (Phi) is 3.90. The molecule has 1 fully saturated rings. The molecule has 0 N–H and O–H groups in total. The first kappa shape index (κ1) is 15.7. The van der Waals surface area contributed by atoms with E-state index in [-0.39, 0.29) is 12.6 Å². The van der Waals surface area contributed by atoms with Crippen molar-refractivity contribution < 1.29 is 19.0 Å². The molecule has 2 aliphatic rings. The van der Waals surface area contributed by atoms with Crippen molar-refractivity contribution in [2.75, 3.05) is 20.3 Å². The Hall–Kier alpha value is -2.85. The molecule has 0 amide bonds. The molecule has 4 rings (SSSR count). The molecular formula is C21H18O4. The third-order valence-corrected chi connectivity index (χ3v) is 4.62. The molecule has 4 nitrogen and oxygen atoms in total. The van der Waals surface area contributed by atoms with Gasteiger partial charge >= 0.3 is 5.97 Å². The molecule has 2 heterocycles. The van der Waals surface area contributed by atoms with Gasteiger partial charge in [-0.2, -0.15) is 0 Å². The van der Waals surface area contributed by atoms with Crippen LogP contribution in [0.2, 0.25) is 0 Å². The number of carbonyl (C=O) groups is 1. The fourth-order valence-corrected chi connectivity index (χ4v) is 3.34. The number of ether oxygens (including phenoxy) is 3. The summed E-state index contributed by atoms with van der Waals surface area (Å²) >= 11 is 0. The lowest BCUT2D eigenvalue weighted by Gasteiger charge is -2.31. The SMILES string of the molecule is COC(=O)C12C=C(c3ccccc3)OC(c3ccccc3)=C1COC2. The molecular weight excluding hydrogens is 316 g/mol. The van der Waals surface area contributed by atoms with Crippen LogP contribution in [-0.2, 0) is 19.0 Å². The zero-order chi connectivity index (χ0) is 17.3. The van der Waals surface area contributed by atoms with E-state index in [0.717, 1.165) is 16.7 Å². The van der Waals surface area contributed by atoms with Crippen molar-refractivity contribution in [1.82, 2.24) is 0 Å². The fraction of sp³-hybridized carbons (Fsp3) is 0.190. The van der Waals surface area contributed by atoms with Gasteiger partial charge in [0, 0.05) is 16.7 Å². The molecule has 0 aliphatic carbocycles. The Morgan fingerprint density at radius 1 is 1.00 bits per heavy atom. The molecule has 2 aromatic rings. The average molecular weight is 334 g/mol. The highest BCUT2D eigenvalue weighted by Crippen LogP contribution is 2.48. The van der Waals surface area contributed by atoms with Crippen molar-refractivity contribution in [1.29, 1.82) is 0 Å². The van der Waals surface area contributed by atoms with Gasteiger partial charge in [0.1, 0.15) is 16.9 Å². The standard InChI is InChI=1S/C21H18O4/c1-23-20(22)21-12-18(15-8-4-2-5-9-15)25-19(17(21)13-24-14-21)16-10-6-3-7-11-16/h2-12H,13-14H2,1H3. The summed E-state index contributed by atoms with van der Waals surface area (Å²) in [5.41, 5.74) is 1.69. The number of rotatable bonds is 3. The highest BCUT2D eigenvalue weighted by atomic mass is 16.5. The summed E-state index contributed by atoms with van der Waals surface area (Å²) in [5, 5.41) is 0. The molecule has 25 heavy (non-hydrogen) atoms. The smallest absolute Gasteiger partial charge is 0.322 e. The van der Waals surface area contributed by atoms with Gasteiger partial charge in [0.15, 0.2) is 0 Å². The van der Waals surface area contributed by atoms with Crippen LogP contribution in [0, 0.1) is 5.41 Å². The van der Waals surface area contributed by atoms with Crippen LogP contribution in [0.4, 0.5) is 0 Å². The minimum atomic E-state index is -0.941. The summed E-state index contributed by atoms with van der Waals surface area (Å²) in [5.74, 6) is 0.981. The highest BCUT2D eigenvalue weighted by Gasteiger charge is 2.51. The average Bonchev–Trinajstić information content (AvgIpc) is 3.13. The maximum absolute atomic E-state index is 12.7. The Morgan fingerprint density at radius 2 is 1.64 bits per heavy atom.